The van der Waals surface area contributed by atoms with E-state index in [9.17, 15) is 13.2 Å². The second kappa shape index (κ2) is 8.19. The van der Waals surface area contributed by atoms with Gasteiger partial charge in [0.1, 0.15) is 25.0 Å². The van der Waals surface area contributed by atoms with E-state index in [2.05, 4.69) is 15.2 Å². The van der Waals surface area contributed by atoms with Crippen LogP contribution in [0.25, 0.3) is 0 Å². The van der Waals surface area contributed by atoms with Gasteiger partial charge in [0.05, 0.1) is 4.90 Å². The van der Waals surface area contributed by atoms with Gasteiger partial charge < -0.3 is 19.3 Å². The average molecular weight is 409 g/mol. The third-order valence-corrected chi connectivity index (χ3v) is 5.92. The summed E-state index contributed by atoms with van der Waals surface area (Å²) in [5.41, 5.74) is 0. The Kier molecular flexibility index (Phi) is 5.90. The largest absolute Gasteiger partial charge is 0.486 e. The number of sulfonamides is 1. The average Bonchev–Trinajstić information content (AvgIpc) is 3.09. The summed E-state index contributed by atoms with van der Waals surface area (Å²) in [4.78, 5) is 12.7. The molecule has 1 amide bonds. The van der Waals surface area contributed by atoms with Crippen molar-refractivity contribution >= 4 is 21.7 Å². The van der Waals surface area contributed by atoms with Crippen molar-refractivity contribution in [3.05, 3.63) is 30.0 Å². The van der Waals surface area contributed by atoms with Crippen LogP contribution in [-0.4, -0.2) is 38.7 Å². The minimum atomic E-state index is -3.97. The first-order valence-corrected chi connectivity index (χ1v) is 10.4. The SMILES string of the molecule is CCC(C)[C@H](NS(=O)(=O)c1ccc2c(c1)OCCO2)C(=O)Nc1cc(C)on1. The molecule has 0 aliphatic carbocycles. The highest BCUT2D eigenvalue weighted by molar-refractivity contribution is 7.89. The van der Waals surface area contributed by atoms with E-state index < -0.39 is 22.0 Å². The molecule has 0 fully saturated rings. The fourth-order valence-electron chi connectivity index (χ4n) is 2.72. The Morgan fingerprint density at radius 3 is 2.57 bits per heavy atom. The fraction of sp³-hybridized carbons (Fsp3) is 0.444. The van der Waals surface area contributed by atoms with E-state index in [1.54, 1.807) is 26.0 Å². The Bertz CT molecular complexity index is 956. The van der Waals surface area contributed by atoms with Gasteiger partial charge in [-0.25, -0.2) is 8.42 Å². The maximum absolute atomic E-state index is 12.9. The van der Waals surface area contributed by atoms with Crippen molar-refractivity contribution in [3.8, 4) is 11.5 Å². The van der Waals surface area contributed by atoms with Gasteiger partial charge in [-0.1, -0.05) is 25.4 Å². The number of hydrogen-bond donors (Lipinski definition) is 2. The molecule has 1 aliphatic rings. The highest BCUT2D eigenvalue weighted by atomic mass is 32.2. The molecular formula is C18H23N3O6S. The number of anilines is 1. The van der Waals surface area contributed by atoms with Gasteiger partial charge in [0.2, 0.25) is 15.9 Å². The predicted molar refractivity (Wildman–Crippen MR) is 101 cm³/mol. The van der Waals surface area contributed by atoms with Gasteiger partial charge in [0, 0.05) is 12.1 Å². The van der Waals surface area contributed by atoms with Gasteiger partial charge in [-0.05, 0) is 25.0 Å². The number of nitrogens with one attached hydrogen (secondary N) is 2. The van der Waals surface area contributed by atoms with Gasteiger partial charge in [-0.15, -0.1) is 0 Å². The lowest BCUT2D eigenvalue weighted by Gasteiger charge is -2.23. The van der Waals surface area contributed by atoms with Gasteiger partial charge >= 0.3 is 0 Å². The van der Waals surface area contributed by atoms with Crippen LogP contribution in [0, 0.1) is 12.8 Å². The normalized spacial score (nSPS) is 15.7. The Hall–Kier alpha value is -2.59. The van der Waals surface area contributed by atoms with E-state index in [1.807, 2.05) is 6.92 Å². The van der Waals surface area contributed by atoms with E-state index in [0.717, 1.165) is 0 Å². The van der Waals surface area contributed by atoms with Crippen LogP contribution in [0.1, 0.15) is 26.0 Å². The van der Waals surface area contributed by atoms with E-state index in [0.29, 0.717) is 36.9 Å². The van der Waals surface area contributed by atoms with Crippen molar-refractivity contribution < 1.29 is 27.2 Å². The number of amides is 1. The van der Waals surface area contributed by atoms with Crippen LogP contribution in [0.2, 0.25) is 0 Å². The van der Waals surface area contributed by atoms with E-state index in [1.165, 1.54) is 12.1 Å². The number of rotatable bonds is 7. The van der Waals surface area contributed by atoms with E-state index in [-0.39, 0.29) is 16.6 Å². The highest BCUT2D eigenvalue weighted by Gasteiger charge is 2.31. The number of aromatic nitrogens is 1. The van der Waals surface area contributed by atoms with E-state index in [4.69, 9.17) is 14.0 Å². The molecule has 0 bridgehead atoms. The molecule has 0 radical (unpaired) electrons. The van der Waals surface area contributed by atoms with Crippen molar-refractivity contribution in [2.45, 2.75) is 38.1 Å². The quantitative estimate of drug-likeness (QED) is 0.718. The first-order valence-electron chi connectivity index (χ1n) is 8.96. The first kappa shape index (κ1) is 20.2. The topological polar surface area (TPSA) is 120 Å². The molecular weight excluding hydrogens is 386 g/mol. The summed E-state index contributed by atoms with van der Waals surface area (Å²) in [6, 6.07) is 4.92. The third-order valence-electron chi connectivity index (χ3n) is 4.48. The molecule has 0 spiro atoms. The van der Waals surface area contributed by atoms with Crippen molar-refractivity contribution in [2.75, 3.05) is 18.5 Å². The molecule has 152 valence electrons. The minimum Gasteiger partial charge on any atom is -0.486 e. The molecule has 1 aliphatic heterocycles. The molecule has 2 N–H and O–H groups in total. The number of nitrogens with zero attached hydrogens (tertiary/aromatic N) is 1. The number of carbonyl (C=O) groups excluding carboxylic acids is 1. The standard InChI is InChI=1S/C18H23N3O6S/c1-4-11(2)17(18(22)19-16-9-12(3)27-20-16)21-28(23,24)13-5-6-14-15(10-13)26-8-7-25-14/h5-6,9-11,17,21H,4,7-8H2,1-3H3,(H,19,20,22)/t11?,17-/m0/s1. The monoisotopic (exact) mass is 409 g/mol. The van der Waals surface area contributed by atoms with Crippen molar-refractivity contribution in [3.63, 3.8) is 0 Å². The van der Waals surface area contributed by atoms with Crippen LogP contribution in [0.15, 0.2) is 33.7 Å². The van der Waals surface area contributed by atoms with Crippen LogP contribution in [0.3, 0.4) is 0 Å². The summed E-state index contributed by atoms with van der Waals surface area (Å²) in [6.07, 6.45) is 0.597. The maximum Gasteiger partial charge on any atom is 0.244 e. The molecule has 0 saturated carbocycles. The van der Waals surface area contributed by atoms with Crippen LogP contribution < -0.4 is 19.5 Å². The lowest BCUT2D eigenvalue weighted by atomic mass is 9.99. The Labute approximate surface area is 163 Å². The van der Waals surface area contributed by atoms with Gasteiger partial charge in [-0.3, -0.25) is 4.79 Å². The molecule has 2 aromatic rings. The van der Waals surface area contributed by atoms with Gasteiger partial charge in [0.15, 0.2) is 17.3 Å². The summed E-state index contributed by atoms with van der Waals surface area (Å²) < 4.78 is 44.1. The molecule has 1 aromatic carbocycles. The van der Waals surface area contributed by atoms with Gasteiger partial charge in [0.25, 0.3) is 0 Å². The lowest BCUT2D eigenvalue weighted by molar-refractivity contribution is -0.118. The molecule has 10 heteroatoms. The summed E-state index contributed by atoms with van der Waals surface area (Å²) in [5, 5.41) is 6.30. The number of ether oxygens (including phenoxy) is 2. The summed E-state index contributed by atoms with van der Waals surface area (Å²) in [5.74, 6) is 0.852. The molecule has 28 heavy (non-hydrogen) atoms. The summed E-state index contributed by atoms with van der Waals surface area (Å²) in [7, 11) is -3.97. The Morgan fingerprint density at radius 1 is 1.21 bits per heavy atom. The molecule has 2 heterocycles. The number of aryl methyl sites for hydroxylation is 1. The van der Waals surface area contributed by atoms with Crippen molar-refractivity contribution in [1.82, 2.24) is 9.88 Å². The summed E-state index contributed by atoms with van der Waals surface area (Å²) >= 11 is 0. The smallest absolute Gasteiger partial charge is 0.244 e. The van der Waals surface area contributed by atoms with E-state index >= 15 is 0 Å². The van der Waals surface area contributed by atoms with Gasteiger partial charge in [-0.2, -0.15) is 4.72 Å². The molecule has 3 rings (SSSR count). The number of carbonyl (C=O) groups is 1. The lowest BCUT2D eigenvalue weighted by Crippen LogP contribution is -2.47. The third kappa shape index (κ3) is 4.45. The number of hydrogen-bond acceptors (Lipinski definition) is 7. The van der Waals surface area contributed by atoms with Crippen molar-refractivity contribution in [2.24, 2.45) is 5.92 Å². The fourth-order valence-corrected chi connectivity index (χ4v) is 4.04. The van der Waals surface area contributed by atoms with Crippen molar-refractivity contribution in [1.29, 1.82) is 0 Å². The second-order valence-electron chi connectivity index (χ2n) is 6.60. The van der Waals surface area contributed by atoms with Crippen LogP contribution in [0.4, 0.5) is 5.82 Å². The molecule has 2 atom stereocenters. The molecule has 1 aromatic heterocycles. The highest BCUT2D eigenvalue weighted by Crippen LogP contribution is 2.32. The first-order chi connectivity index (χ1) is 13.3. The number of benzene rings is 1. The van der Waals surface area contributed by atoms with Crippen LogP contribution in [-0.2, 0) is 14.8 Å². The zero-order valence-electron chi connectivity index (χ0n) is 15.9. The minimum absolute atomic E-state index is 0.00451. The van der Waals surface area contributed by atoms with Crippen LogP contribution in [0.5, 0.6) is 11.5 Å². The zero-order chi connectivity index (χ0) is 20.3. The second-order valence-corrected chi connectivity index (χ2v) is 8.32. The zero-order valence-corrected chi connectivity index (χ0v) is 16.7. The van der Waals surface area contributed by atoms with Crippen LogP contribution >= 0.6 is 0 Å². The predicted octanol–water partition coefficient (Wildman–Crippen LogP) is 2.09. The molecule has 1 unspecified atom stereocenters. The Morgan fingerprint density at radius 2 is 1.93 bits per heavy atom. The molecule has 9 nitrogen and oxygen atoms in total. The Balaban J connectivity index is 1.82. The molecule has 0 saturated heterocycles. The maximum atomic E-state index is 12.9. The summed E-state index contributed by atoms with van der Waals surface area (Å²) in [6.45, 7) is 6.13. The number of fused-ring (bicyclic) bond motifs is 1.